The summed E-state index contributed by atoms with van der Waals surface area (Å²) in [5.41, 5.74) is 6.96. The quantitative estimate of drug-likeness (QED) is 0.926. The average molecular weight is 272 g/mol. The fourth-order valence-electron chi connectivity index (χ4n) is 2.91. The van der Waals surface area contributed by atoms with Crippen LogP contribution < -0.4 is 5.32 Å². The lowest BCUT2D eigenvalue weighted by Gasteiger charge is -2.19. The predicted octanol–water partition coefficient (Wildman–Crippen LogP) is 3.48. The molecule has 0 spiro atoms. The zero-order valence-corrected chi connectivity index (χ0v) is 13.3. The topological polar surface area (TPSA) is 42.7 Å². The van der Waals surface area contributed by atoms with Gasteiger partial charge in [-0.25, -0.2) is 0 Å². The lowest BCUT2D eigenvalue weighted by Crippen LogP contribution is -2.12. The van der Waals surface area contributed by atoms with Crippen molar-refractivity contribution in [1.29, 1.82) is 0 Å². The molecule has 108 valence electrons. The first-order valence-electron chi connectivity index (χ1n) is 7.16. The highest BCUT2D eigenvalue weighted by molar-refractivity contribution is 5.49. The third-order valence-corrected chi connectivity index (χ3v) is 3.63. The Morgan fingerprint density at radius 3 is 2.60 bits per heavy atom. The Kier molecular flexibility index (Phi) is 4.12. The Bertz CT molecular complexity index is 590. The summed E-state index contributed by atoms with van der Waals surface area (Å²) < 4.78 is 1.86. The molecule has 2 aromatic rings. The van der Waals surface area contributed by atoms with E-state index in [1.165, 1.54) is 11.1 Å². The fraction of sp³-hybridized carbons (Fsp3) is 0.500. The monoisotopic (exact) mass is 272 g/mol. The number of aryl methyl sites for hydroxylation is 5. The van der Waals surface area contributed by atoms with Crippen molar-refractivity contribution in [3.63, 3.8) is 0 Å². The van der Waals surface area contributed by atoms with Crippen molar-refractivity contribution in [2.45, 2.75) is 47.1 Å². The summed E-state index contributed by atoms with van der Waals surface area (Å²) in [6.07, 6.45) is 2.97. The van der Waals surface area contributed by atoms with Crippen molar-refractivity contribution in [1.82, 2.24) is 14.8 Å². The second kappa shape index (κ2) is 5.65. The van der Waals surface area contributed by atoms with E-state index in [0.29, 0.717) is 0 Å². The zero-order chi connectivity index (χ0) is 14.9. The fourth-order valence-corrected chi connectivity index (χ4v) is 2.91. The number of hydrogen-bond acceptors (Lipinski definition) is 3. The molecule has 0 aliphatic rings. The van der Waals surface area contributed by atoms with Crippen molar-refractivity contribution in [2.24, 2.45) is 7.05 Å². The van der Waals surface area contributed by atoms with E-state index >= 15 is 0 Å². The Hall–Kier alpha value is -1.84. The van der Waals surface area contributed by atoms with Gasteiger partial charge in [0.05, 0.1) is 17.4 Å². The van der Waals surface area contributed by atoms with Crippen LogP contribution in [0, 0.1) is 20.8 Å². The van der Waals surface area contributed by atoms with Crippen LogP contribution >= 0.6 is 0 Å². The summed E-state index contributed by atoms with van der Waals surface area (Å²) in [6, 6.07) is 2.36. The third kappa shape index (κ3) is 2.84. The number of nitrogens with zero attached hydrogens (tertiary/aromatic N) is 3. The molecule has 2 aromatic heterocycles. The maximum Gasteiger partial charge on any atom is 0.0853 e. The van der Waals surface area contributed by atoms with Crippen LogP contribution in [0.1, 0.15) is 48.1 Å². The van der Waals surface area contributed by atoms with Gasteiger partial charge in [0.1, 0.15) is 0 Å². The molecule has 1 atom stereocenters. The molecule has 4 nitrogen and oxygen atoms in total. The van der Waals surface area contributed by atoms with Gasteiger partial charge >= 0.3 is 0 Å². The highest BCUT2D eigenvalue weighted by Crippen LogP contribution is 2.26. The molecule has 4 heteroatoms. The van der Waals surface area contributed by atoms with E-state index in [9.17, 15) is 0 Å². The molecule has 0 radical (unpaired) electrons. The van der Waals surface area contributed by atoms with Gasteiger partial charge in [0, 0.05) is 24.6 Å². The molecular weight excluding hydrogens is 248 g/mol. The summed E-state index contributed by atoms with van der Waals surface area (Å²) in [5.74, 6) is 0. The number of nitrogens with one attached hydrogen (secondary N) is 1. The van der Waals surface area contributed by atoms with E-state index < -0.39 is 0 Å². The summed E-state index contributed by atoms with van der Waals surface area (Å²) in [7, 11) is 1.96. The molecular formula is C16H24N4. The highest BCUT2D eigenvalue weighted by Gasteiger charge is 2.15. The first-order valence-corrected chi connectivity index (χ1v) is 7.16. The maximum absolute atomic E-state index is 4.58. The second-order valence-corrected chi connectivity index (χ2v) is 5.46. The van der Waals surface area contributed by atoms with E-state index in [-0.39, 0.29) is 6.04 Å². The predicted molar refractivity (Wildman–Crippen MR) is 83.1 cm³/mol. The van der Waals surface area contributed by atoms with Crippen LogP contribution in [0.4, 0.5) is 5.69 Å². The number of hydrogen-bond donors (Lipinski definition) is 1. The third-order valence-electron chi connectivity index (χ3n) is 3.63. The first-order chi connectivity index (χ1) is 9.42. The molecule has 0 amide bonds. The van der Waals surface area contributed by atoms with Crippen molar-refractivity contribution in [3.8, 4) is 0 Å². The lowest BCUT2D eigenvalue weighted by atomic mass is 10.00. The number of rotatable bonds is 4. The van der Waals surface area contributed by atoms with Gasteiger partial charge in [-0.1, -0.05) is 6.92 Å². The first kappa shape index (κ1) is 14.6. The van der Waals surface area contributed by atoms with Gasteiger partial charge in [-0.2, -0.15) is 5.10 Å². The summed E-state index contributed by atoms with van der Waals surface area (Å²) >= 11 is 0. The van der Waals surface area contributed by atoms with Crippen LogP contribution in [0.2, 0.25) is 0 Å². The number of anilines is 1. The molecule has 0 aromatic carbocycles. The van der Waals surface area contributed by atoms with E-state index in [1.54, 1.807) is 0 Å². The Morgan fingerprint density at radius 2 is 2.00 bits per heavy atom. The number of aromatic nitrogens is 3. The minimum Gasteiger partial charge on any atom is -0.376 e. The van der Waals surface area contributed by atoms with E-state index in [2.05, 4.69) is 49.2 Å². The van der Waals surface area contributed by atoms with Gasteiger partial charge < -0.3 is 5.32 Å². The minimum absolute atomic E-state index is 0.220. The largest absolute Gasteiger partial charge is 0.376 e. The van der Waals surface area contributed by atoms with Crippen molar-refractivity contribution in [2.75, 3.05) is 5.32 Å². The van der Waals surface area contributed by atoms with E-state index in [0.717, 1.165) is 29.2 Å². The van der Waals surface area contributed by atoms with Crippen molar-refractivity contribution >= 4 is 5.69 Å². The second-order valence-electron chi connectivity index (χ2n) is 5.46. The van der Waals surface area contributed by atoms with Crippen LogP contribution in [0.3, 0.4) is 0 Å². The summed E-state index contributed by atoms with van der Waals surface area (Å²) in [4.78, 5) is 4.58. The summed E-state index contributed by atoms with van der Waals surface area (Å²) in [6.45, 7) is 10.6. The smallest absolute Gasteiger partial charge is 0.0853 e. The van der Waals surface area contributed by atoms with Gasteiger partial charge in [-0.3, -0.25) is 9.67 Å². The van der Waals surface area contributed by atoms with Crippen molar-refractivity contribution < 1.29 is 0 Å². The number of pyridine rings is 1. The molecule has 1 N–H and O–H groups in total. The molecule has 0 aliphatic heterocycles. The van der Waals surface area contributed by atoms with Gasteiger partial charge in [-0.15, -0.1) is 0 Å². The van der Waals surface area contributed by atoms with Gasteiger partial charge in [0.2, 0.25) is 0 Å². The SMILES string of the molecule is CCc1nn(C)cc1NC(C)c1c(C)cc(C)nc1C. The van der Waals surface area contributed by atoms with Crippen LogP contribution in [0.5, 0.6) is 0 Å². The van der Waals surface area contributed by atoms with Gasteiger partial charge in [-0.05, 0) is 51.3 Å². The minimum atomic E-state index is 0.220. The Labute approximate surface area is 121 Å². The molecule has 0 bridgehead atoms. The standard InChI is InChI=1S/C16H24N4/c1-7-14-15(9-20(6)19-14)18-13(5)16-10(2)8-11(3)17-12(16)4/h8-9,13,18H,7H2,1-6H3. The molecule has 2 heterocycles. The van der Waals surface area contributed by atoms with Crippen molar-refractivity contribution in [3.05, 3.63) is 40.5 Å². The molecule has 0 saturated carbocycles. The van der Waals surface area contributed by atoms with Crippen LogP contribution in [0.25, 0.3) is 0 Å². The van der Waals surface area contributed by atoms with E-state index in [4.69, 9.17) is 0 Å². The summed E-state index contributed by atoms with van der Waals surface area (Å²) in [5, 5.41) is 8.05. The van der Waals surface area contributed by atoms with E-state index in [1.807, 2.05) is 24.9 Å². The highest BCUT2D eigenvalue weighted by atomic mass is 15.3. The van der Waals surface area contributed by atoms with Gasteiger partial charge in [0.15, 0.2) is 0 Å². The molecule has 2 rings (SSSR count). The van der Waals surface area contributed by atoms with Crippen LogP contribution in [-0.2, 0) is 13.5 Å². The molecule has 0 saturated heterocycles. The molecule has 0 aliphatic carbocycles. The average Bonchev–Trinajstić information content (AvgIpc) is 2.67. The Morgan fingerprint density at radius 1 is 1.30 bits per heavy atom. The molecule has 1 unspecified atom stereocenters. The molecule has 20 heavy (non-hydrogen) atoms. The maximum atomic E-state index is 4.58. The van der Waals surface area contributed by atoms with Crippen LogP contribution in [0.15, 0.2) is 12.3 Å². The Balaban J connectivity index is 2.30. The van der Waals surface area contributed by atoms with Crippen LogP contribution in [-0.4, -0.2) is 14.8 Å². The lowest BCUT2D eigenvalue weighted by molar-refractivity contribution is 0.746. The molecule has 0 fully saturated rings. The van der Waals surface area contributed by atoms with Gasteiger partial charge in [0.25, 0.3) is 0 Å². The normalized spacial score (nSPS) is 12.5. The zero-order valence-electron chi connectivity index (χ0n) is 13.3.